The van der Waals surface area contributed by atoms with E-state index in [0.29, 0.717) is 0 Å². The van der Waals surface area contributed by atoms with Crippen LogP contribution in [0.2, 0.25) is 0 Å². The molecule has 0 bridgehead atoms. The molecule has 1 aromatic carbocycles. The zero-order chi connectivity index (χ0) is 11.3. The topological polar surface area (TPSA) is 29.5 Å². The van der Waals surface area contributed by atoms with Crippen LogP contribution in [-0.2, 0) is 11.2 Å². The summed E-state index contributed by atoms with van der Waals surface area (Å²) in [6.07, 6.45) is 5.40. The maximum absolute atomic E-state index is 11.5. The Hall–Kier alpha value is -1.95. The van der Waals surface area contributed by atoms with Crippen LogP contribution in [0.5, 0.6) is 5.75 Å². The zero-order valence-electron chi connectivity index (χ0n) is 8.86. The third-order valence-electron chi connectivity index (χ3n) is 2.06. The van der Waals surface area contributed by atoms with E-state index in [-0.39, 0.29) is 12.3 Å². The van der Waals surface area contributed by atoms with Crippen LogP contribution in [0, 0.1) is 12.5 Å². The van der Waals surface area contributed by atoms with Crippen LogP contribution in [-0.4, -0.2) is 25.0 Å². The fraction of sp³-hybridized carbons (Fsp3) is 0.250. The molecule has 3 nitrogen and oxygen atoms in total. The molecule has 0 aliphatic heterocycles. The van der Waals surface area contributed by atoms with Gasteiger partial charge in [0.05, 0.1) is 13.5 Å². The Morgan fingerprint density at radius 2 is 2.33 bits per heavy atom. The van der Waals surface area contributed by atoms with Crippen molar-refractivity contribution in [3.63, 3.8) is 0 Å². The Labute approximate surface area is 89.7 Å². The highest BCUT2D eigenvalue weighted by atomic mass is 16.5. The van der Waals surface area contributed by atoms with Crippen molar-refractivity contribution in [3.8, 4) is 18.2 Å². The number of carbonyl (C=O) groups excluding carboxylic acids is 1. The molecule has 0 aliphatic carbocycles. The van der Waals surface area contributed by atoms with Crippen molar-refractivity contribution in [2.45, 2.75) is 6.42 Å². The second kappa shape index (κ2) is 5.06. The molecule has 0 saturated carbocycles. The third kappa shape index (κ3) is 3.03. The van der Waals surface area contributed by atoms with Crippen molar-refractivity contribution in [1.29, 1.82) is 0 Å². The average Bonchev–Trinajstić information content (AvgIpc) is 2.28. The van der Waals surface area contributed by atoms with Crippen molar-refractivity contribution in [1.82, 2.24) is 4.90 Å². The van der Waals surface area contributed by atoms with E-state index in [0.717, 1.165) is 11.3 Å². The van der Waals surface area contributed by atoms with Crippen LogP contribution in [0.4, 0.5) is 0 Å². The van der Waals surface area contributed by atoms with Gasteiger partial charge in [0.2, 0.25) is 5.91 Å². The van der Waals surface area contributed by atoms with Crippen molar-refractivity contribution in [2.24, 2.45) is 0 Å². The number of carbonyl (C=O) groups is 1. The average molecular weight is 203 g/mol. The fourth-order valence-corrected chi connectivity index (χ4v) is 1.15. The summed E-state index contributed by atoms with van der Waals surface area (Å²) in [5, 5.41) is 0. The number of hydrogen-bond donors (Lipinski definition) is 0. The van der Waals surface area contributed by atoms with Crippen LogP contribution in [0.1, 0.15) is 5.56 Å². The molecule has 3 heteroatoms. The van der Waals surface area contributed by atoms with Gasteiger partial charge in [0.25, 0.3) is 0 Å². The number of hydrogen-bond acceptors (Lipinski definition) is 2. The van der Waals surface area contributed by atoms with Crippen LogP contribution in [0.15, 0.2) is 24.3 Å². The summed E-state index contributed by atoms with van der Waals surface area (Å²) in [7, 11) is 3.16. The van der Waals surface area contributed by atoms with E-state index in [9.17, 15) is 4.79 Å². The Bertz CT molecular complexity index is 393. The van der Waals surface area contributed by atoms with Crippen molar-refractivity contribution in [2.75, 3.05) is 14.2 Å². The van der Waals surface area contributed by atoms with Crippen molar-refractivity contribution < 1.29 is 9.53 Å². The minimum Gasteiger partial charge on any atom is -0.497 e. The van der Waals surface area contributed by atoms with Crippen LogP contribution >= 0.6 is 0 Å². The molecule has 1 amide bonds. The first-order valence-electron chi connectivity index (χ1n) is 4.53. The first kappa shape index (κ1) is 11.1. The summed E-state index contributed by atoms with van der Waals surface area (Å²) in [4.78, 5) is 12.7. The van der Waals surface area contributed by atoms with Gasteiger partial charge >= 0.3 is 0 Å². The van der Waals surface area contributed by atoms with E-state index < -0.39 is 0 Å². The van der Waals surface area contributed by atoms with Crippen LogP contribution < -0.4 is 4.74 Å². The Morgan fingerprint density at radius 1 is 1.60 bits per heavy atom. The molecule has 15 heavy (non-hydrogen) atoms. The molecule has 1 aromatic rings. The first-order chi connectivity index (χ1) is 7.17. The van der Waals surface area contributed by atoms with Crippen molar-refractivity contribution in [3.05, 3.63) is 29.8 Å². The van der Waals surface area contributed by atoms with Gasteiger partial charge in [-0.05, 0) is 17.7 Å². The number of terminal acetylenes is 1. The second-order valence-corrected chi connectivity index (χ2v) is 3.11. The maximum Gasteiger partial charge on any atom is 0.238 e. The molecule has 0 saturated heterocycles. The van der Waals surface area contributed by atoms with Gasteiger partial charge in [-0.1, -0.05) is 18.6 Å². The lowest BCUT2D eigenvalue weighted by atomic mass is 10.1. The van der Waals surface area contributed by atoms with Crippen LogP contribution in [0.3, 0.4) is 0 Å². The predicted octanol–water partition coefficient (Wildman–Crippen LogP) is 1.29. The monoisotopic (exact) mass is 203 g/mol. The number of amides is 1. The predicted molar refractivity (Wildman–Crippen MR) is 58.3 cm³/mol. The largest absolute Gasteiger partial charge is 0.497 e. The summed E-state index contributed by atoms with van der Waals surface area (Å²) in [6.45, 7) is 0. The number of benzene rings is 1. The minimum absolute atomic E-state index is 0.106. The van der Waals surface area contributed by atoms with E-state index in [4.69, 9.17) is 11.2 Å². The summed E-state index contributed by atoms with van der Waals surface area (Å²) in [5.74, 6) is 0.634. The highest BCUT2D eigenvalue weighted by molar-refractivity contribution is 5.80. The Kier molecular flexibility index (Phi) is 3.75. The van der Waals surface area contributed by atoms with Gasteiger partial charge in [-0.15, -0.1) is 0 Å². The minimum atomic E-state index is -0.106. The maximum atomic E-state index is 11.5. The van der Waals surface area contributed by atoms with Crippen molar-refractivity contribution >= 4 is 5.91 Å². The van der Waals surface area contributed by atoms with Gasteiger partial charge in [0.1, 0.15) is 5.75 Å². The molecular formula is C12H13NO2. The van der Waals surface area contributed by atoms with E-state index in [1.165, 1.54) is 4.90 Å². The summed E-state index contributed by atoms with van der Waals surface area (Å²) in [5.41, 5.74) is 0.890. The number of ether oxygens (including phenoxy) is 1. The van der Waals surface area contributed by atoms with E-state index >= 15 is 0 Å². The molecule has 0 fully saturated rings. The van der Waals surface area contributed by atoms with Gasteiger partial charge in [-0.2, -0.15) is 0 Å². The van der Waals surface area contributed by atoms with E-state index in [1.54, 1.807) is 14.2 Å². The number of likely N-dealkylation sites (N-methyl/N-ethyl adjacent to an activating group) is 1. The van der Waals surface area contributed by atoms with Gasteiger partial charge in [-0.25, -0.2) is 0 Å². The van der Waals surface area contributed by atoms with E-state index in [2.05, 4.69) is 6.04 Å². The SMILES string of the molecule is C#CN(C)C(=O)Cc1cccc(OC)c1. The third-order valence-corrected chi connectivity index (χ3v) is 2.06. The molecule has 0 spiro atoms. The molecule has 1 rings (SSSR count). The molecule has 0 radical (unpaired) electrons. The molecule has 0 aliphatic rings. The normalized spacial score (nSPS) is 9.13. The lowest BCUT2D eigenvalue weighted by Gasteiger charge is -2.09. The number of methoxy groups -OCH3 is 1. The van der Waals surface area contributed by atoms with Gasteiger partial charge < -0.3 is 4.74 Å². The zero-order valence-corrected chi connectivity index (χ0v) is 8.86. The summed E-state index contributed by atoms with van der Waals surface area (Å²) >= 11 is 0. The fourth-order valence-electron chi connectivity index (χ4n) is 1.15. The number of nitrogens with zero attached hydrogens (tertiary/aromatic N) is 1. The van der Waals surface area contributed by atoms with E-state index in [1.807, 2.05) is 24.3 Å². The quantitative estimate of drug-likeness (QED) is 0.547. The Morgan fingerprint density at radius 3 is 2.93 bits per heavy atom. The lowest BCUT2D eigenvalue weighted by Crippen LogP contribution is -2.22. The molecule has 0 N–H and O–H groups in total. The standard InChI is InChI=1S/C12H13NO2/c1-4-13(2)12(14)9-10-6-5-7-11(8-10)15-3/h1,5-8H,9H2,2-3H3. The highest BCUT2D eigenvalue weighted by Crippen LogP contribution is 2.13. The molecule has 0 unspecified atom stereocenters. The molecule has 0 heterocycles. The smallest absolute Gasteiger partial charge is 0.238 e. The summed E-state index contributed by atoms with van der Waals surface area (Å²) in [6, 6.07) is 9.63. The molecule has 78 valence electrons. The van der Waals surface area contributed by atoms with Gasteiger partial charge in [0.15, 0.2) is 0 Å². The summed E-state index contributed by atoms with van der Waals surface area (Å²) < 4.78 is 5.06. The second-order valence-electron chi connectivity index (χ2n) is 3.11. The molecular weight excluding hydrogens is 190 g/mol. The highest BCUT2D eigenvalue weighted by Gasteiger charge is 2.07. The first-order valence-corrected chi connectivity index (χ1v) is 4.53. The molecule has 0 aromatic heterocycles. The van der Waals surface area contributed by atoms with Crippen LogP contribution in [0.25, 0.3) is 0 Å². The number of rotatable bonds is 3. The lowest BCUT2D eigenvalue weighted by molar-refractivity contribution is -0.126. The Balaban J connectivity index is 2.73. The van der Waals surface area contributed by atoms with Gasteiger partial charge in [0, 0.05) is 13.1 Å². The van der Waals surface area contributed by atoms with Gasteiger partial charge in [-0.3, -0.25) is 9.69 Å². The molecule has 0 atom stereocenters.